The fraction of sp³-hybridized carbons (Fsp3) is 0.167. The second kappa shape index (κ2) is 3.93. The minimum atomic E-state index is -0.113. The van der Waals surface area contributed by atoms with Crippen LogP contribution in [0.3, 0.4) is 0 Å². The molecule has 0 spiro atoms. The lowest BCUT2D eigenvalue weighted by atomic mass is 10.2. The summed E-state index contributed by atoms with van der Waals surface area (Å²) in [5.41, 5.74) is 0.803. The SMILES string of the molecule is O=C(N1CCOc2ccccc21)n1ccnc1. The quantitative estimate of drug-likeness (QED) is 0.691. The van der Waals surface area contributed by atoms with E-state index in [1.165, 1.54) is 10.9 Å². The topological polar surface area (TPSA) is 47.4 Å². The molecule has 1 amide bonds. The molecule has 0 atom stereocenters. The van der Waals surface area contributed by atoms with Crippen LogP contribution < -0.4 is 9.64 Å². The highest BCUT2D eigenvalue weighted by Gasteiger charge is 2.23. The van der Waals surface area contributed by atoms with E-state index < -0.39 is 0 Å². The average Bonchev–Trinajstić information content (AvgIpc) is 2.91. The van der Waals surface area contributed by atoms with Crippen LogP contribution in [0.2, 0.25) is 0 Å². The lowest BCUT2D eigenvalue weighted by molar-refractivity contribution is 0.241. The molecule has 0 saturated carbocycles. The number of nitrogens with zero attached hydrogens (tertiary/aromatic N) is 3. The maximum Gasteiger partial charge on any atom is 0.334 e. The van der Waals surface area contributed by atoms with Crippen LogP contribution in [-0.2, 0) is 0 Å². The molecule has 17 heavy (non-hydrogen) atoms. The fourth-order valence-electron chi connectivity index (χ4n) is 1.88. The largest absolute Gasteiger partial charge is 0.490 e. The van der Waals surface area contributed by atoms with Crippen molar-refractivity contribution in [2.45, 2.75) is 0 Å². The fourth-order valence-corrected chi connectivity index (χ4v) is 1.88. The third-order valence-electron chi connectivity index (χ3n) is 2.68. The van der Waals surface area contributed by atoms with E-state index >= 15 is 0 Å². The minimum Gasteiger partial charge on any atom is -0.490 e. The average molecular weight is 229 g/mol. The number of carbonyl (C=O) groups is 1. The van der Waals surface area contributed by atoms with Crippen LogP contribution in [0, 0.1) is 0 Å². The number of imidazole rings is 1. The monoisotopic (exact) mass is 229 g/mol. The van der Waals surface area contributed by atoms with Crippen LogP contribution in [0.25, 0.3) is 0 Å². The molecule has 0 saturated heterocycles. The minimum absolute atomic E-state index is 0.113. The van der Waals surface area contributed by atoms with E-state index in [-0.39, 0.29) is 6.03 Å². The second-order valence-electron chi connectivity index (χ2n) is 3.72. The summed E-state index contributed by atoms with van der Waals surface area (Å²) in [7, 11) is 0. The van der Waals surface area contributed by atoms with Crippen molar-refractivity contribution < 1.29 is 9.53 Å². The first-order valence-corrected chi connectivity index (χ1v) is 5.38. The maximum absolute atomic E-state index is 12.2. The van der Waals surface area contributed by atoms with Crippen LogP contribution in [0.1, 0.15) is 0 Å². The predicted octanol–water partition coefficient (Wildman–Crippen LogP) is 1.75. The Balaban J connectivity index is 1.98. The smallest absolute Gasteiger partial charge is 0.334 e. The number of para-hydroxylation sites is 2. The van der Waals surface area contributed by atoms with Crippen molar-refractivity contribution in [1.29, 1.82) is 0 Å². The van der Waals surface area contributed by atoms with Crippen LogP contribution in [0.5, 0.6) is 5.75 Å². The number of anilines is 1. The van der Waals surface area contributed by atoms with E-state index in [9.17, 15) is 4.79 Å². The molecule has 0 unspecified atom stereocenters. The molecule has 0 fully saturated rings. The summed E-state index contributed by atoms with van der Waals surface area (Å²) in [5.74, 6) is 0.743. The molecule has 5 heteroatoms. The molecule has 86 valence electrons. The Hall–Kier alpha value is -2.30. The van der Waals surface area contributed by atoms with Crippen molar-refractivity contribution in [1.82, 2.24) is 9.55 Å². The van der Waals surface area contributed by atoms with E-state index in [0.29, 0.717) is 13.2 Å². The zero-order valence-corrected chi connectivity index (χ0v) is 9.11. The molecular weight excluding hydrogens is 218 g/mol. The van der Waals surface area contributed by atoms with Crippen molar-refractivity contribution in [2.24, 2.45) is 0 Å². The molecule has 5 nitrogen and oxygen atoms in total. The van der Waals surface area contributed by atoms with Gasteiger partial charge in [-0.2, -0.15) is 0 Å². The Morgan fingerprint density at radius 1 is 1.35 bits per heavy atom. The van der Waals surface area contributed by atoms with E-state index in [1.807, 2.05) is 24.3 Å². The standard InChI is InChI=1S/C12H11N3O2/c16-12(14-6-5-13-9-14)15-7-8-17-11-4-2-1-3-10(11)15/h1-6,9H,7-8H2. The van der Waals surface area contributed by atoms with Crippen LogP contribution in [0.4, 0.5) is 10.5 Å². The molecule has 3 rings (SSSR count). The van der Waals surface area contributed by atoms with Gasteiger partial charge in [0.2, 0.25) is 0 Å². The summed E-state index contributed by atoms with van der Waals surface area (Å²) in [5, 5.41) is 0. The van der Waals surface area contributed by atoms with Gasteiger partial charge in [0.15, 0.2) is 0 Å². The molecule has 0 aliphatic carbocycles. The first-order chi connectivity index (χ1) is 8.36. The number of amides is 1. The summed E-state index contributed by atoms with van der Waals surface area (Å²) in [6.07, 6.45) is 4.73. The van der Waals surface area contributed by atoms with Crippen molar-refractivity contribution in [3.8, 4) is 5.75 Å². The predicted molar refractivity (Wildman–Crippen MR) is 62.3 cm³/mol. The van der Waals surface area contributed by atoms with Crippen molar-refractivity contribution >= 4 is 11.7 Å². The highest BCUT2D eigenvalue weighted by atomic mass is 16.5. The summed E-state index contributed by atoms with van der Waals surface area (Å²) >= 11 is 0. The molecule has 2 aromatic rings. The van der Waals surface area contributed by atoms with Gasteiger partial charge in [0, 0.05) is 12.4 Å². The van der Waals surface area contributed by atoms with Gasteiger partial charge in [-0.3, -0.25) is 9.47 Å². The van der Waals surface area contributed by atoms with Crippen LogP contribution >= 0.6 is 0 Å². The van der Waals surface area contributed by atoms with Gasteiger partial charge in [-0.05, 0) is 12.1 Å². The Labute approximate surface area is 98.3 Å². The molecule has 0 bridgehead atoms. The zero-order chi connectivity index (χ0) is 11.7. The number of hydrogen-bond donors (Lipinski definition) is 0. The summed E-state index contributed by atoms with van der Waals surface area (Å²) < 4.78 is 6.96. The number of ether oxygens (including phenoxy) is 1. The number of rotatable bonds is 0. The highest BCUT2D eigenvalue weighted by molar-refractivity contribution is 5.95. The Morgan fingerprint density at radius 2 is 2.24 bits per heavy atom. The molecule has 0 radical (unpaired) electrons. The van der Waals surface area contributed by atoms with Gasteiger partial charge >= 0.3 is 6.03 Å². The van der Waals surface area contributed by atoms with Gasteiger partial charge in [0.1, 0.15) is 18.7 Å². The van der Waals surface area contributed by atoms with Gasteiger partial charge in [-0.1, -0.05) is 12.1 Å². The molecule has 2 heterocycles. The number of fused-ring (bicyclic) bond motifs is 1. The summed E-state index contributed by atoms with van der Waals surface area (Å²) in [4.78, 5) is 17.8. The first kappa shape index (κ1) is 9.89. The summed E-state index contributed by atoms with van der Waals surface area (Å²) in [6.45, 7) is 1.06. The molecule has 1 aliphatic heterocycles. The highest BCUT2D eigenvalue weighted by Crippen LogP contribution is 2.31. The van der Waals surface area contributed by atoms with Gasteiger partial charge < -0.3 is 4.74 Å². The van der Waals surface area contributed by atoms with E-state index in [4.69, 9.17) is 4.74 Å². The first-order valence-electron chi connectivity index (χ1n) is 5.38. The molecule has 1 aromatic heterocycles. The van der Waals surface area contributed by atoms with Crippen molar-refractivity contribution in [2.75, 3.05) is 18.1 Å². The molecule has 0 N–H and O–H groups in total. The van der Waals surface area contributed by atoms with Gasteiger partial charge in [-0.15, -0.1) is 0 Å². The number of benzene rings is 1. The molecular formula is C12H11N3O2. The molecule has 1 aromatic carbocycles. The van der Waals surface area contributed by atoms with Crippen molar-refractivity contribution in [3.63, 3.8) is 0 Å². The van der Waals surface area contributed by atoms with Gasteiger partial charge in [-0.25, -0.2) is 9.78 Å². The Morgan fingerprint density at radius 3 is 3.06 bits per heavy atom. The summed E-state index contributed by atoms with van der Waals surface area (Å²) in [6, 6.07) is 7.41. The second-order valence-corrected chi connectivity index (χ2v) is 3.72. The number of hydrogen-bond acceptors (Lipinski definition) is 3. The van der Waals surface area contributed by atoms with Crippen molar-refractivity contribution in [3.05, 3.63) is 43.0 Å². The zero-order valence-electron chi connectivity index (χ0n) is 9.11. The lowest BCUT2D eigenvalue weighted by Crippen LogP contribution is -2.40. The van der Waals surface area contributed by atoms with Gasteiger partial charge in [0.05, 0.1) is 12.2 Å². The Kier molecular flexibility index (Phi) is 2.29. The normalized spacial score (nSPS) is 14.0. The third kappa shape index (κ3) is 1.65. The maximum atomic E-state index is 12.2. The third-order valence-corrected chi connectivity index (χ3v) is 2.68. The number of aromatic nitrogens is 2. The van der Waals surface area contributed by atoms with E-state index in [0.717, 1.165) is 11.4 Å². The van der Waals surface area contributed by atoms with Gasteiger partial charge in [0.25, 0.3) is 0 Å². The Bertz CT molecular complexity index is 536. The lowest BCUT2D eigenvalue weighted by Gasteiger charge is -2.29. The van der Waals surface area contributed by atoms with E-state index in [2.05, 4.69) is 4.98 Å². The molecule has 1 aliphatic rings. The van der Waals surface area contributed by atoms with E-state index in [1.54, 1.807) is 17.3 Å². The van der Waals surface area contributed by atoms with Crippen LogP contribution in [-0.4, -0.2) is 28.7 Å². The van der Waals surface area contributed by atoms with Crippen LogP contribution in [0.15, 0.2) is 43.0 Å². The number of carbonyl (C=O) groups excluding carboxylic acids is 1.